The fourth-order valence-electron chi connectivity index (χ4n) is 2.34. The average Bonchev–Trinajstić information content (AvgIpc) is 2.17. The predicted molar refractivity (Wildman–Crippen MR) is 62.0 cm³/mol. The molecular formula is C13H19NO. The van der Waals surface area contributed by atoms with E-state index in [1.165, 1.54) is 11.1 Å². The quantitative estimate of drug-likeness (QED) is 0.807. The van der Waals surface area contributed by atoms with E-state index in [1.54, 1.807) is 0 Å². The van der Waals surface area contributed by atoms with Crippen molar-refractivity contribution in [3.05, 3.63) is 35.4 Å². The topological polar surface area (TPSA) is 23.5 Å². The number of aliphatic hydroxyl groups is 1. The van der Waals surface area contributed by atoms with Gasteiger partial charge in [0, 0.05) is 19.5 Å². The molecule has 2 heteroatoms. The van der Waals surface area contributed by atoms with E-state index in [1.807, 2.05) is 7.05 Å². The smallest absolute Gasteiger partial charge is 0.0939 e. The predicted octanol–water partition coefficient (Wildman–Crippen LogP) is 1.47. The fourth-order valence-corrected chi connectivity index (χ4v) is 2.34. The molecule has 2 rings (SSSR count). The third-order valence-electron chi connectivity index (χ3n) is 3.09. The molecule has 1 aromatic carbocycles. The highest BCUT2D eigenvalue weighted by Gasteiger charge is 2.38. The van der Waals surface area contributed by atoms with Crippen molar-refractivity contribution < 1.29 is 5.11 Å². The van der Waals surface area contributed by atoms with Gasteiger partial charge in [0.15, 0.2) is 0 Å². The van der Waals surface area contributed by atoms with E-state index in [2.05, 4.69) is 36.1 Å². The average molecular weight is 205 g/mol. The van der Waals surface area contributed by atoms with Crippen molar-refractivity contribution in [3.8, 4) is 0 Å². The Kier molecular flexibility index (Phi) is 2.81. The Balaban J connectivity index is 1.99. The summed E-state index contributed by atoms with van der Waals surface area (Å²) >= 11 is 0. The van der Waals surface area contributed by atoms with E-state index in [4.69, 9.17) is 0 Å². The molecule has 15 heavy (non-hydrogen) atoms. The molecule has 0 bridgehead atoms. The van der Waals surface area contributed by atoms with Crippen molar-refractivity contribution in [2.45, 2.75) is 25.4 Å². The first-order valence-corrected chi connectivity index (χ1v) is 5.60. The van der Waals surface area contributed by atoms with E-state index < -0.39 is 5.60 Å². The van der Waals surface area contributed by atoms with Crippen molar-refractivity contribution in [3.63, 3.8) is 0 Å². The lowest BCUT2D eigenvalue weighted by Crippen LogP contribution is -2.61. The second-order valence-electron chi connectivity index (χ2n) is 4.74. The van der Waals surface area contributed by atoms with Gasteiger partial charge in [0.1, 0.15) is 0 Å². The van der Waals surface area contributed by atoms with E-state index in [9.17, 15) is 5.11 Å². The van der Waals surface area contributed by atoms with Gasteiger partial charge >= 0.3 is 0 Å². The van der Waals surface area contributed by atoms with Crippen LogP contribution in [0.15, 0.2) is 24.3 Å². The SMILES string of the molecule is CCc1ccc(CC2(O)CN(C)C2)cc1. The lowest BCUT2D eigenvalue weighted by atomic mass is 9.87. The Morgan fingerprint density at radius 1 is 1.20 bits per heavy atom. The minimum atomic E-state index is -0.484. The number of likely N-dealkylation sites (N-methyl/N-ethyl adjacent to an activating group) is 1. The van der Waals surface area contributed by atoms with Gasteiger partial charge in [0.05, 0.1) is 5.60 Å². The standard InChI is InChI=1S/C13H19NO/c1-3-11-4-6-12(7-5-11)8-13(15)9-14(2)10-13/h4-7,15H,3,8-10H2,1-2H3. The van der Waals surface area contributed by atoms with Crippen LogP contribution < -0.4 is 0 Å². The van der Waals surface area contributed by atoms with Crippen molar-refractivity contribution in [2.75, 3.05) is 20.1 Å². The number of hydrogen-bond acceptors (Lipinski definition) is 2. The Morgan fingerprint density at radius 2 is 1.73 bits per heavy atom. The summed E-state index contributed by atoms with van der Waals surface area (Å²) in [6.45, 7) is 3.74. The first-order chi connectivity index (χ1) is 7.11. The molecule has 0 atom stereocenters. The van der Waals surface area contributed by atoms with Gasteiger partial charge in [-0.05, 0) is 24.6 Å². The second kappa shape index (κ2) is 3.95. The van der Waals surface area contributed by atoms with Crippen LogP contribution in [0.25, 0.3) is 0 Å². The third-order valence-corrected chi connectivity index (χ3v) is 3.09. The van der Waals surface area contributed by atoms with Gasteiger partial charge in [-0.15, -0.1) is 0 Å². The monoisotopic (exact) mass is 205 g/mol. The van der Waals surface area contributed by atoms with E-state index in [0.29, 0.717) is 0 Å². The largest absolute Gasteiger partial charge is 0.387 e. The maximum absolute atomic E-state index is 10.1. The summed E-state index contributed by atoms with van der Waals surface area (Å²) < 4.78 is 0. The van der Waals surface area contributed by atoms with Crippen LogP contribution in [0.5, 0.6) is 0 Å². The first kappa shape index (κ1) is 10.7. The van der Waals surface area contributed by atoms with Crippen LogP contribution in [0.3, 0.4) is 0 Å². The summed E-state index contributed by atoms with van der Waals surface area (Å²) in [6.07, 6.45) is 1.86. The Hall–Kier alpha value is -0.860. The number of rotatable bonds is 3. The molecule has 1 fully saturated rings. The minimum Gasteiger partial charge on any atom is -0.387 e. The summed E-state index contributed by atoms with van der Waals surface area (Å²) in [5.41, 5.74) is 2.11. The number of aryl methyl sites for hydroxylation is 1. The molecule has 1 N–H and O–H groups in total. The summed E-state index contributed by atoms with van der Waals surface area (Å²) in [6, 6.07) is 8.58. The summed E-state index contributed by atoms with van der Waals surface area (Å²) in [4.78, 5) is 2.14. The third kappa shape index (κ3) is 2.39. The molecule has 1 aliphatic heterocycles. The van der Waals surface area contributed by atoms with Gasteiger partial charge < -0.3 is 10.0 Å². The molecule has 1 heterocycles. The summed E-state index contributed by atoms with van der Waals surface area (Å²) in [5.74, 6) is 0. The fraction of sp³-hybridized carbons (Fsp3) is 0.538. The van der Waals surface area contributed by atoms with Gasteiger partial charge in [-0.2, -0.15) is 0 Å². The molecule has 0 saturated carbocycles. The van der Waals surface area contributed by atoms with Gasteiger partial charge in [0.2, 0.25) is 0 Å². The number of benzene rings is 1. The van der Waals surface area contributed by atoms with Crippen molar-refractivity contribution in [2.24, 2.45) is 0 Å². The van der Waals surface area contributed by atoms with Crippen LogP contribution in [0.2, 0.25) is 0 Å². The Labute approximate surface area is 91.5 Å². The van der Waals surface area contributed by atoms with Gasteiger partial charge in [-0.25, -0.2) is 0 Å². The van der Waals surface area contributed by atoms with E-state index in [-0.39, 0.29) is 0 Å². The molecule has 82 valence electrons. The second-order valence-corrected chi connectivity index (χ2v) is 4.74. The minimum absolute atomic E-state index is 0.484. The van der Waals surface area contributed by atoms with Gasteiger partial charge in [-0.3, -0.25) is 0 Å². The zero-order valence-electron chi connectivity index (χ0n) is 9.53. The van der Waals surface area contributed by atoms with Crippen molar-refractivity contribution in [1.29, 1.82) is 0 Å². The molecule has 0 unspecified atom stereocenters. The molecule has 0 aliphatic carbocycles. The normalized spacial score (nSPS) is 19.9. The van der Waals surface area contributed by atoms with Gasteiger partial charge in [0.25, 0.3) is 0 Å². The Bertz CT molecular complexity index is 325. The van der Waals surface area contributed by atoms with Gasteiger partial charge in [-0.1, -0.05) is 31.2 Å². The number of β-amino-alcohol motifs (C(OH)–C–C–N with tert-alkyl or cyclic N) is 1. The van der Waals surface area contributed by atoms with Crippen LogP contribution in [0, 0.1) is 0 Å². The maximum atomic E-state index is 10.1. The zero-order valence-corrected chi connectivity index (χ0v) is 9.53. The van der Waals surface area contributed by atoms with Crippen LogP contribution in [0.1, 0.15) is 18.1 Å². The highest BCUT2D eigenvalue weighted by Crippen LogP contribution is 2.23. The molecule has 1 saturated heterocycles. The maximum Gasteiger partial charge on any atom is 0.0939 e. The molecule has 0 radical (unpaired) electrons. The molecule has 0 aromatic heterocycles. The zero-order chi connectivity index (χ0) is 10.9. The van der Waals surface area contributed by atoms with Crippen LogP contribution in [0.4, 0.5) is 0 Å². The Morgan fingerprint density at radius 3 is 2.20 bits per heavy atom. The molecule has 0 amide bonds. The lowest BCUT2D eigenvalue weighted by molar-refractivity contribution is -0.0847. The van der Waals surface area contributed by atoms with Crippen molar-refractivity contribution >= 4 is 0 Å². The number of hydrogen-bond donors (Lipinski definition) is 1. The van der Waals surface area contributed by atoms with Crippen LogP contribution >= 0.6 is 0 Å². The first-order valence-electron chi connectivity index (χ1n) is 5.60. The molecular weight excluding hydrogens is 186 g/mol. The molecule has 1 aliphatic rings. The highest BCUT2D eigenvalue weighted by molar-refractivity contribution is 5.24. The molecule has 1 aromatic rings. The van der Waals surface area contributed by atoms with Crippen molar-refractivity contribution in [1.82, 2.24) is 4.90 Å². The highest BCUT2D eigenvalue weighted by atomic mass is 16.3. The molecule has 2 nitrogen and oxygen atoms in total. The molecule has 0 spiro atoms. The summed E-state index contributed by atoms with van der Waals surface area (Å²) in [7, 11) is 2.04. The number of nitrogens with zero attached hydrogens (tertiary/aromatic N) is 1. The lowest BCUT2D eigenvalue weighted by Gasteiger charge is -2.44. The van der Waals surface area contributed by atoms with E-state index in [0.717, 1.165) is 25.9 Å². The number of likely N-dealkylation sites (tertiary alicyclic amines) is 1. The van der Waals surface area contributed by atoms with Crippen LogP contribution in [-0.4, -0.2) is 35.7 Å². The summed E-state index contributed by atoms with van der Waals surface area (Å²) in [5, 5.41) is 10.1. The van der Waals surface area contributed by atoms with Crippen LogP contribution in [-0.2, 0) is 12.8 Å². The van der Waals surface area contributed by atoms with E-state index >= 15 is 0 Å².